The van der Waals surface area contributed by atoms with E-state index in [4.69, 9.17) is 16.7 Å². The highest BCUT2D eigenvalue weighted by Crippen LogP contribution is 2.22. The first-order valence-corrected chi connectivity index (χ1v) is 6.29. The molecule has 0 saturated heterocycles. The molecule has 0 bridgehead atoms. The number of carboxylic acids is 1. The van der Waals surface area contributed by atoms with Gasteiger partial charge in [0.1, 0.15) is 5.15 Å². The second-order valence-corrected chi connectivity index (χ2v) is 3.91. The van der Waals surface area contributed by atoms with E-state index in [1.54, 1.807) is 6.20 Å². The van der Waals surface area contributed by atoms with Crippen molar-refractivity contribution in [2.24, 2.45) is 0 Å². The van der Waals surface area contributed by atoms with Crippen LogP contribution in [0.15, 0.2) is 30.5 Å². The summed E-state index contributed by atoms with van der Waals surface area (Å²) in [4.78, 5) is 14.5. The van der Waals surface area contributed by atoms with Gasteiger partial charge in [-0.15, -0.1) is 0 Å². The molecule has 1 N–H and O–H groups in total. The van der Waals surface area contributed by atoms with Crippen LogP contribution in [0.4, 0.5) is 0 Å². The number of pyridine rings is 1. The Bertz CT molecular complexity index is 540. The molecule has 0 radical (unpaired) electrons. The van der Waals surface area contributed by atoms with Crippen LogP contribution < -0.4 is 0 Å². The molecule has 0 aliphatic heterocycles. The Hall–Kier alpha value is -1.61. The van der Waals surface area contributed by atoms with Gasteiger partial charge < -0.3 is 5.11 Å². The Balaban J connectivity index is 0.000000771. The molecule has 0 fully saturated rings. The van der Waals surface area contributed by atoms with Gasteiger partial charge in [-0.3, -0.25) is 4.79 Å². The largest absolute Gasteiger partial charge is 0.481 e. The Morgan fingerprint density at radius 3 is 2.72 bits per heavy atom. The molecule has 18 heavy (non-hydrogen) atoms. The lowest BCUT2D eigenvalue weighted by molar-refractivity contribution is -0.136. The summed E-state index contributed by atoms with van der Waals surface area (Å²) in [5.41, 5.74) is 0.963. The van der Waals surface area contributed by atoms with Crippen LogP contribution in [-0.4, -0.2) is 16.1 Å². The predicted molar refractivity (Wildman–Crippen MR) is 74.1 cm³/mol. The van der Waals surface area contributed by atoms with Gasteiger partial charge in [-0.1, -0.05) is 37.6 Å². The summed E-state index contributed by atoms with van der Waals surface area (Å²) in [6.45, 7) is 4.00. The number of benzene rings is 1. The molecule has 1 aromatic carbocycles. The van der Waals surface area contributed by atoms with Crippen LogP contribution in [0.2, 0.25) is 5.15 Å². The predicted octanol–water partition coefficient (Wildman–Crippen LogP) is 3.93. The maximum absolute atomic E-state index is 10.5. The molecule has 1 aromatic heterocycles. The van der Waals surface area contributed by atoms with E-state index in [2.05, 4.69) is 4.98 Å². The molecule has 1 heterocycles. The topological polar surface area (TPSA) is 50.2 Å². The SMILES string of the molecule is CC.O=C(O)CCc1ccc2ccnc(Cl)c2c1. The van der Waals surface area contributed by atoms with E-state index in [0.29, 0.717) is 11.6 Å². The monoisotopic (exact) mass is 265 g/mol. The van der Waals surface area contributed by atoms with Gasteiger partial charge in [0.05, 0.1) is 0 Å². The average molecular weight is 266 g/mol. The summed E-state index contributed by atoms with van der Waals surface area (Å²) in [5.74, 6) is -0.794. The fraction of sp³-hybridized carbons (Fsp3) is 0.286. The van der Waals surface area contributed by atoms with Crippen molar-refractivity contribution in [1.29, 1.82) is 0 Å². The van der Waals surface area contributed by atoms with Gasteiger partial charge in [0.25, 0.3) is 0 Å². The van der Waals surface area contributed by atoms with Gasteiger partial charge in [-0.05, 0) is 29.5 Å². The van der Waals surface area contributed by atoms with Crippen molar-refractivity contribution in [3.63, 3.8) is 0 Å². The summed E-state index contributed by atoms with van der Waals surface area (Å²) in [6.07, 6.45) is 2.29. The van der Waals surface area contributed by atoms with E-state index in [9.17, 15) is 4.79 Å². The Morgan fingerprint density at radius 2 is 2.06 bits per heavy atom. The van der Waals surface area contributed by atoms with Gasteiger partial charge in [0, 0.05) is 18.0 Å². The fourth-order valence-electron chi connectivity index (χ4n) is 1.59. The van der Waals surface area contributed by atoms with Crippen LogP contribution in [0.5, 0.6) is 0 Å². The molecule has 0 aliphatic rings. The summed E-state index contributed by atoms with van der Waals surface area (Å²) in [7, 11) is 0. The summed E-state index contributed by atoms with van der Waals surface area (Å²) in [5, 5.41) is 10.9. The number of hydrogen-bond acceptors (Lipinski definition) is 2. The maximum Gasteiger partial charge on any atom is 0.303 e. The van der Waals surface area contributed by atoms with Crippen LogP contribution in [0.3, 0.4) is 0 Å². The van der Waals surface area contributed by atoms with Gasteiger partial charge in [-0.25, -0.2) is 4.98 Å². The number of aromatic nitrogens is 1. The van der Waals surface area contributed by atoms with E-state index in [0.717, 1.165) is 16.3 Å². The molecule has 0 atom stereocenters. The number of hydrogen-bond donors (Lipinski definition) is 1. The maximum atomic E-state index is 10.5. The Labute approximate surface area is 111 Å². The Morgan fingerprint density at radius 1 is 1.33 bits per heavy atom. The number of aliphatic carboxylic acids is 1. The summed E-state index contributed by atoms with van der Waals surface area (Å²) in [6, 6.07) is 7.62. The molecule has 0 aliphatic carbocycles. The van der Waals surface area contributed by atoms with Crippen LogP contribution in [0.25, 0.3) is 10.8 Å². The van der Waals surface area contributed by atoms with E-state index in [1.165, 1.54) is 0 Å². The number of fused-ring (bicyclic) bond motifs is 1. The molecule has 4 heteroatoms. The zero-order valence-electron chi connectivity index (χ0n) is 10.5. The second-order valence-electron chi connectivity index (χ2n) is 3.55. The van der Waals surface area contributed by atoms with Crippen LogP contribution in [-0.2, 0) is 11.2 Å². The van der Waals surface area contributed by atoms with E-state index >= 15 is 0 Å². The summed E-state index contributed by atoms with van der Waals surface area (Å²) < 4.78 is 0. The third-order valence-electron chi connectivity index (χ3n) is 2.41. The molecule has 0 unspecified atom stereocenters. The van der Waals surface area contributed by atoms with Crippen LogP contribution in [0, 0.1) is 0 Å². The number of carbonyl (C=O) groups is 1. The van der Waals surface area contributed by atoms with Gasteiger partial charge in [0.2, 0.25) is 0 Å². The molecular weight excluding hydrogens is 250 g/mol. The van der Waals surface area contributed by atoms with Crippen molar-refractivity contribution >= 4 is 28.3 Å². The minimum Gasteiger partial charge on any atom is -0.481 e. The first-order chi connectivity index (χ1) is 8.66. The smallest absolute Gasteiger partial charge is 0.303 e. The standard InChI is InChI=1S/C12H10ClNO2.C2H6/c13-12-10-7-8(2-4-11(15)16)1-3-9(10)5-6-14-12;1-2/h1,3,5-7H,2,4H2,(H,15,16);1-2H3. The lowest BCUT2D eigenvalue weighted by Gasteiger charge is -2.03. The third-order valence-corrected chi connectivity index (χ3v) is 2.71. The number of carboxylic acid groups (broad SMARTS) is 1. The van der Waals surface area contributed by atoms with Crippen molar-refractivity contribution in [2.75, 3.05) is 0 Å². The number of nitrogens with zero attached hydrogens (tertiary/aromatic N) is 1. The van der Waals surface area contributed by atoms with Crippen LogP contribution in [0.1, 0.15) is 25.8 Å². The average Bonchev–Trinajstić information content (AvgIpc) is 2.39. The van der Waals surface area contributed by atoms with Gasteiger partial charge >= 0.3 is 5.97 Å². The molecule has 0 saturated carbocycles. The number of aryl methyl sites for hydroxylation is 1. The zero-order chi connectivity index (χ0) is 13.5. The highest BCUT2D eigenvalue weighted by Gasteiger charge is 2.03. The van der Waals surface area contributed by atoms with Gasteiger partial charge in [0.15, 0.2) is 0 Å². The molecule has 96 valence electrons. The first kappa shape index (κ1) is 14.5. The molecule has 3 nitrogen and oxygen atoms in total. The highest BCUT2D eigenvalue weighted by atomic mass is 35.5. The number of rotatable bonds is 3. The van der Waals surface area contributed by atoms with E-state index in [-0.39, 0.29) is 6.42 Å². The summed E-state index contributed by atoms with van der Waals surface area (Å²) >= 11 is 5.96. The van der Waals surface area contributed by atoms with Crippen LogP contribution >= 0.6 is 11.6 Å². The minimum atomic E-state index is -0.794. The molecule has 2 rings (SSSR count). The molecule has 2 aromatic rings. The highest BCUT2D eigenvalue weighted by molar-refractivity contribution is 6.34. The minimum absolute atomic E-state index is 0.128. The molecule has 0 spiro atoms. The third kappa shape index (κ3) is 3.70. The van der Waals surface area contributed by atoms with Gasteiger partial charge in [-0.2, -0.15) is 0 Å². The lowest BCUT2D eigenvalue weighted by Crippen LogP contribution is -1.97. The molecule has 0 amide bonds. The van der Waals surface area contributed by atoms with Crippen molar-refractivity contribution in [3.8, 4) is 0 Å². The Kier molecular flexibility index (Phi) is 5.59. The number of halogens is 1. The van der Waals surface area contributed by atoms with Crippen molar-refractivity contribution in [1.82, 2.24) is 4.98 Å². The van der Waals surface area contributed by atoms with Crippen molar-refractivity contribution < 1.29 is 9.90 Å². The molecular formula is C14H16ClNO2. The zero-order valence-corrected chi connectivity index (χ0v) is 11.2. The normalized spacial score (nSPS) is 9.72. The fourth-order valence-corrected chi connectivity index (χ4v) is 1.81. The van der Waals surface area contributed by atoms with E-state index < -0.39 is 5.97 Å². The second kappa shape index (κ2) is 6.97. The van der Waals surface area contributed by atoms with E-state index in [1.807, 2.05) is 38.1 Å². The first-order valence-electron chi connectivity index (χ1n) is 5.92. The van der Waals surface area contributed by atoms with Crippen molar-refractivity contribution in [2.45, 2.75) is 26.7 Å². The lowest BCUT2D eigenvalue weighted by atomic mass is 10.1. The quantitative estimate of drug-likeness (QED) is 0.856. The van der Waals surface area contributed by atoms with Crippen molar-refractivity contribution in [3.05, 3.63) is 41.2 Å².